The molecular weight excluding hydrogens is 328 g/mol. The summed E-state index contributed by atoms with van der Waals surface area (Å²) < 4.78 is 1.90. The Kier molecular flexibility index (Phi) is 4.15. The predicted molar refractivity (Wildman–Crippen MR) is 100 cm³/mol. The molecule has 2 aromatic carbocycles. The van der Waals surface area contributed by atoms with Gasteiger partial charge in [-0.2, -0.15) is 0 Å². The normalized spacial score (nSPS) is 10.9. The van der Waals surface area contributed by atoms with Gasteiger partial charge in [0.1, 0.15) is 23.0 Å². The third-order valence-corrected chi connectivity index (χ3v) is 4.22. The van der Waals surface area contributed by atoms with Gasteiger partial charge < -0.3 is 15.5 Å². The van der Waals surface area contributed by atoms with Crippen LogP contribution in [0.25, 0.3) is 16.9 Å². The van der Waals surface area contributed by atoms with E-state index >= 15 is 0 Å². The number of aromatic nitrogens is 3. The average molecular weight is 346 g/mol. The van der Waals surface area contributed by atoms with E-state index in [1.54, 1.807) is 18.5 Å². The highest BCUT2D eigenvalue weighted by Gasteiger charge is 2.17. The van der Waals surface area contributed by atoms with Crippen molar-refractivity contribution in [3.05, 3.63) is 72.7 Å². The molecule has 0 aliphatic rings. The van der Waals surface area contributed by atoms with Crippen molar-refractivity contribution in [2.45, 2.75) is 6.42 Å². The second-order valence-corrected chi connectivity index (χ2v) is 5.98. The number of aromatic hydroxyl groups is 2. The number of fused-ring (bicyclic) bond motifs is 1. The molecule has 0 spiro atoms. The highest BCUT2D eigenvalue weighted by atomic mass is 16.3. The molecule has 26 heavy (non-hydrogen) atoms. The first-order valence-electron chi connectivity index (χ1n) is 8.34. The number of anilines is 1. The van der Waals surface area contributed by atoms with Crippen molar-refractivity contribution in [3.63, 3.8) is 0 Å². The van der Waals surface area contributed by atoms with E-state index in [1.165, 1.54) is 17.7 Å². The lowest BCUT2D eigenvalue weighted by Crippen LogP contribution is -2.07. The van der Waals surface area contributed by atoms with Gasteiger partial charge in [-0.3, -0.25) is 9.38 Å². The zero-order chi connectivity index (χ0) is 17.9. The average Bonchev–Trinajstić information content (AvgIpc) is 3.01. The Morgan fingerprint density at radius 3 is 2.69 bits per heavy atom. The zero-order valence-corrected chi connectivity index (χ0v) is 14.0. The van der Waals surface area contributed by atoms with Gasteiger partial charge in [0.15, 0.2) is 5.65 Å². The Hall–Kier alpha value is -3.54. The SMILES string of the molecule is Oc1ccc(-c2nc3cnccn3c2NCCc2ccccc2)c(O)c1. The smallest absolute Gasteiger partial charge is 0.157 e. The minimum Gasteiger partial charge on any atom is -0.508 e. The van der Waals surface area contributed by atoms with Gasteiger partial charge in [0.2, 0.25) is 0 Å². The van der Waals surface area contributed by atoms with Crippen LogP contribution in [0.2, 0.25) is 0 Å². The van der Waals surface area contributed by atoms with Crippen LogP contribution < -0.4 is 5.32 Å². The maximum absolute atomic E-state index is 10.2. The minimum absolute atomic E-state index is 0.00951. The lowest BCUT2D eigenvalue weighted by molar-refractivity contribution is 0.452. The molecule has 2 aromatic heterocycles. The molecule has 0 saturated heterocycles. The summed E-state index contributed by atoms with van der Waals surface area (Å²) in [6, 6.07) is 14.7. The number of hydrogen-bond donors (Lipinski definition) is 3. The Morgan fingerprint density at radius 1 is 1.04 bits per heavy atom. The van der Waals surface area contributed by atoms with Crippen LogP contribution in [0.1, 0.15) is 5.56 Å². The van der Waals surface area contributed by atoms with Gasteiger partial charge in [-0.25, -0.2) is 4.98 Å². The summed E-state index contributed by atoms with van der Waals surface area (Å²) in [5.41, 5.74) is 3.08. The standard InChI is InChI=1S/C20H18N4O2/c25-15-6-7-16(17(26)12-15)19-20(24-11-10-21-13-18(24)23-19)22-9-8-14-4-2-1-3-5-14/h1-7,10-13,22,25-26H,8-9H2. The monoisotopic (exact) mass is 346 g/mol. The van der Waals surface area contributed by atoms with Crippen LogP contribution in [0.4, 0.5) is 5.82 Å². The van der Waals surface area contributed by atoms with Crippen LogP contribution in [-0.2, 0) is 6.42 Å². The van der Waals surface area contributed by atoms with Crippen molar-refractivity contribution in [2.24, 2.45) is 0 Å². The largest absolute Gasteiger partial charge is 0.508 e. The number of rotatable bonds is 5. The summed E-state index contributed by atoms with van der Waals surface area (Å²) in [6.07, 6.45) is 6.05. The van der Waals surface area contributed by atoms with Crippen molar-refractivity contribution < 1.29 is 10.2 Å². The first-order chi connectivity index (χ1) is 12.7. The number of imidazole rings is 1. The van der Waals surface area contributed by atoms with E-state index in [0.717, 1.165) is 12.2 Å². The molecular formula is C20H18N4O2. The predicted octanol–water partition coefficient (Wildman–Crippen LogP) is 3.46. The van der Waals surface area contributed by atoms with E-state index in [4.69, 9.17) is 0 Å². The van der Waals surface area contributed by atoms with E-state index in [2.05, 4.69) is 27.4 Å². The van der Waals surface area contributed by atoms with Gasteiger partial charge in [-0.15, -0.1) is 0 Å². The molecule has 0 aliphatic carbocycles. The second-order valence-electron chi connectivity index (χ2n) is 5.98. The molecule has 0 bridgehead atoms. The van der Waals surface area contributed by atoms with Crippen molar-refractivity contribution in [3.8, 4) is 22.8 Å². The van der Waals surface area contributed by atoms with Crippen LogP contribution in [0.15, 0.2) is 67.1 Å². The number of nitrogens with zero attached hydrogens (tertiary/aromatic N) is 3. The summed E-state index contributed by atoms with van der Waals surface area (Å²) in [5.74, 6) is 0.766. The molecule has 2 heterocycles. The number of phenols is 2. The van der Waals surface area contributed by atoms with Crippen molar-refractivity contribution in [1.29, 1.82) is 0 Å². The highest BCUT2D eigenvalue weighted by Crippen LogP contribution is 2.36. The molecule has 0 atom stereocenters. The summed E-state index contributed by atoms with van der Waals surface area (Å²) in [4.78, 5) is 8.71. The van der Waals surface area contributed by atoms with Gasteiger partial charge in [-0.05, 0) is 24.1 Å². The van der Waals surface area contributed by atoms with E-state index in [1.807, 2.05) is 28.8 Å². The summed E-state index contributed by atoms with van der Waals surface area (Å²) in [5, 5.41) is 23.2. The summed E-state index contributed by atoms with van der Waals surface area (Å²) in [7, 11) is 0. The zero-order valence-electron chi connectivity index (χ0n) is 14.0. The topological polar surface area (TPSA) is 82.7 Å². The molecule has 6 heteroatoms. The van der Waals surface area contributed by atoms with Crippen LogP contribution in [0.3, 0.4) is 0 Å². The third-order valence-electron chi connectivity index (χ3n) is 4.22. The first-order valence-corrected chi connectivity index (χ1v) is 8.34. The Bertz CT molecular complexity index is 1040. The third kappa shape index (κ3) is 3.04. The number of benzene rings is 2. The Labute approximate surface area is 150 Å². The van der Waals surface area contributed by atoms with E-state index in [0.29, 0.717) is 23.4 Å². The van der Waals surface area contributed by atoms with Gasteiger partial charge in [0, 0.05) is 30.6 Å². The molecule has 3 N–H and O–H groups in total. The molecule has 0 fully saturated rings. The maximum Gasteiger partial charge on any atom is 0.157 e. The molecule has 0 amide bonds. The van der Waals surface area contributed by atoms with Crippen molar-refractivity contribution in [2.75, 3.05) is 11.9 Å². The maximum atomic E-state index is 10.2. The molecule has 6 nitrogen and oxygen atoms in total. The van der Waals surface area contributed by atoms with Gasteiger partial charge >= 0.3 is 0 Å². The molecule has 0 aliphatic heterocycles. The number of phenolic OH excluding ortho intramolecular Hbond substituents is 2. The Morgan fingerprint density at radius 2 is 1.88 bits per heavy atom. The quantitative estimate of drug-likeness (QED) is 0.515. The van der Waals surface area contributed by atoms with Gasteiger partial charge in [0.05, 0.1) is 6.20 Å². The lowest BCUT2D eigenvalue weighted by Gasteiger charge is -2.10. The molecule has 4 aromatic rings. The second kappa shape index (κ2) is 6.76. The van der Waals surface area contributed by atoms with E-state index in [9.17, 15) is 10.2 Å². The van der Waals surface area contributed by atoms with E-state index < -0.39 is 0 Å². The van der Waals surface area contributed by atoms with Gasteiger partial charge in [-0.1, -0.05) is 30.3 Å². The van der Waals surface area contributed by atoms with Gasteiger partial charge in [0.25, 0.3) is 0 Å². The number of nitrogens with one attached hydrogen (secondary N) is 1. The first kappa shape index (κ1) is 16.0. The van der Waals surface area contributed by atoms with Crippen molar-refractivity contribution >= 4 is 11.5 Å². The van der Waals surface area contributed by atoms with Crippen LogP contribution in [0, 0.1) is 0 Å². The summed E-state index contributed by atoms with van der Waals surface area (Å²) >= 11 is 0. The fourth-order valence-corrected chi connectivity index (χ4v) is 2.95. The molecule has 0 saturated carbocycles. The fraction of sp³-hybridized carbons (Fsp3) is 0.100. The fourth-order valence-electron chi connectivity index (χ4n) is 2.95. The molecule has 130 valence electrons. The van der Waals surface area contributed by atoms with Crippen LogP contribution in [0.5, 0.6) is 11.5 Å². The summed E-state index contributed by atoms with van der Waals surface area (Å²) in [6.45, 7) is 0.714. The van der Waals surface area contributed by atoms with Crippen molar-refractivity contribution in [1.82, 2.24) is 14.4 Å². The minimum atomic E-state index is -0.0209. The number of hydrogen-bond acceptors (Lipinski definition) is 5. The highest BCUT2D eigenvalue weighted by molar-refractivity contribution is 5.80. The molecule has 0 radical (unpaired) electrons. The van der Waals surface area contributed by atoms with Crippen LogP contribution in [-0.4, -0.2) is 31.1 Å². The van der Waals surface area contributed by atoms with E-state index in [-0.39, 0.29) is 11.5 Å². The Balaban J connectivity index is 1.70. The molecule has 4 rings (SSSR count). The molecule has 0 unspecified atom stereocenters. The van der Waals surface area contributed by atoms with Crippen LogP contribution >= 0.6 is 0 Å². The lowest BCUT2D eigenvalue weighted by atomic mass is 10.1.